The molecule has 0 saturated heterocycles. The van der Waals surface area contributed by atoms with Gasteiger partial charge >= 0.3 is 0 Å². The number of halogens is 2. The zero-order valence-electron chi connectivity index (χ0n) is 11.5. The number of benzene rings is 1. The predicted molar refractivity (Wildman–Crippen MR) is 86.0 cm³/mol. The average Bonchev–Trinajstić information content (AvgIpc) is 2.92. The topological polar surface area (TPSA) is 54.6 Å². The first-order valence-corrected chi connectivity index (χ1v) is 6.91. The minimum atomic E-state index is 0. The Morgan fingerprint density at radius 3 is 2.57 bits per heavy atom. The van der Waals surface area contributed by atoms with Crippen LogP contribution in [0.3, 0.4) is 0 Å². The number of hydrogen-bond donors (Lipinski definition) is 2. The number of aliphatic hydroxyl groups is 1. The molecule has 2 N–H and O–H groups in total. The van der Waals surface area contributed by atoms with Crippen LogP contribution < -0.4 is 5.32 Å². The van der Waals surface area contributed by atoms with Gasteiger partial charge in [0.2, 0.25) is 0 Å². The molecule has 2 rings (SSSR count). The lowest BCUT2D eigenvalue weighted by molar-refractivity contribution is 0.0936. The minimum Gasteiger partial charge on any atom is -0.460 e. The molecule has 2 aromatic rings. The van der Waals surface area contributed by atoms with E-state index in [4.69, 9.17) is 25.9 Å². The number of aliphatic hydroxyl groups excluding tert-OH is 1. The van der Waals surface area contributed by atoms with Crippen molar-refractivity contribution in [2.45, 2.75) is 6.54 Å². The SMILES string of the molecule is Cl.OCCOCCNCc1ccc(-c2ccc(Cl)cc2)o1. The van der Waals surface area contributed by atoms with E-state index in [1.165, 1.54) is 0 Å². The van der Waals surface area contributed by atoms with E-state index in [0.29, 0.717) is 24.8 Å². The molecular weight excluding hydrogens is 313 g/mol. The van der Waals surface area contributed by atoms with Gasteiger partial charge in [-0.1, -0.05) is 11.6 Å². The minimum absolute atomic E-state index is 0. The Morgan fingerprint density at radius 1 is 1.10 bits per heavy atom. The summed E-state index contributed by atoms with van der Waals surface area (Å²) in [5.41, 5.74) is 1.01. The van der Waals surface area contributed by atoms with Gasteiger partial charge in [-0.05, 0) is 36.4 Å². The summed E-state index contributed by atoms with van der Waals surface area (Å²) in [6.07, 6.45) is 0. The van der Waals surface area contributed by atoms with Crippen LogP contribution in [0.15, 0.2) is 40.8 Å². The summed E-state index contributed by atoms with van der Waals surface area (Å²) < 4.78 is 10.9. The zero-order valence-corrected chi connectivity index (χ0v) is 13.1. The molecule has 0 aliphatic rings. The summed E-state index contributed by atoms with van der Waals surface area (Å²) in [6.45, 7) is 2.38. The van der Waals surface area contributed by atoms with Crippen molar-refractivity contribution in [3.8, 4) is 11.3 Å². The van der Waals surface area contributed by atoms with Crippen LogP contribution >= 0.6 is 24.0 Å². The third-order valence-corrected chi connectivity index (χ3v) is 3.00. The van der Waals surface area contributed by atoms with E-state index in [1.807, 2.05) is 36.4 Å². The normalized spacial score (nSPS) is 10.4. The standard InChI is InChI=1S/C15H18ClNO3.ClH/c16-13-3-1-12(2-4-13)15-6-5-14(20-15)11-17-7-9-19-10-8-18;/h1-6,17-18H,7-11H2;1H. The molecule has 116 valence electrons. The molecule has 0 aliphatic heterocycles. The molecule has 0 bridgehead atoms. The maximum absolute atomic E-state index is 8.56. The van der Waals surface area contributed by atoms with Crippen molar-refractivity contribution in [3.63, 3.8) is 0 Å². The predicted octanol–water partition coefficient (Wildman–Crippen LogP) is 3.12. The highest BCUT2D eigenvalue weighted by Gasteiger charge is 2.04. The van der Waals surface area contributed by atoms with E-state index < -0.39 is 0 Å². The second-order valence-corrected chi connectivity index (χ2v) is 4.72. The Kier molecular flexibility index (Phi) is 8.42. The van der Waals surface area contributed by atoms with Crippen LogP contribution in [0.5, 0.6) is 0 Å². The molecule has 0 radical (unpaired) electrons. The first kappa shape index (κ1) is 18.0. The van der Waals surface area contributed by atoms with Crippen LogP contribution in [0.25, 0.3) is 11.3 Å². The first-order chi connectivity index (χ1) is 9.79. The van der Waals surface area contributed by atoms with Gasteiger partial charge in [0.25, 0.3) is 0 Å². The summed E-state index contributed by atoms with van der Waals surface area (Å²) in [4.78, 5) is 0. The molecule has 0 fully saturated rings. The van der Waals surface area contributed by atoms with Crippen molar-refractivity contribution in [2.24, 2.45) is 0 Å². The fourth-order valence-electron chi connectivity index (χ4n) is 1.76. The number of hydrogen-bond acceptors (Lipinski definition) is 4. The molecule has 0 spiro atoms. The highest BCUT2D eigenvalue weighted by Crippen LogP contribution is 2.23. The van der Waals surface area contributed by atoms with Crippen molar-refractivity contribution in [1.82, 2.24) is 5.32 Å². The van der Waals surface area contributed by atoms with E-state index in [9.17, 15) is 0 Å². The van der Waals surface area contributed by atoms with Crippen molar-refractivity contribution in [1.29, 1.82) is 0 Å². The van der Waals surface area contributed by atoms with Crippen molar-refractivity contribution in [2.75, 3.05) is 26.4 Å². The Balaban J connectivity index is 0.00000220. The number of ether oxygens (including phenoxy) is 1. The fraction of sp³-hybridized carbons (Fsp3) is 0.333. The quantitative estimate of drug-likeness (QED) is 0.730. The monoisotopic (exact) mass is 331 g/mol. The van der Waals surface area contributed by atoms with Crippen LogP contribution in [-0.2, 0) is 11.3 Å². The van der Waals surface area contributed by atoms with E-state index in [1.54, 1.807) is 0 Å². The largest absolute Gasteiger partial charge is 0.460 e. The van der Waals surface area contributed by atoms with E-state index >= 15 is 0 Å². The Bertz CT molecular complexity index is 514. The smallest absolute Gasteiger partial charge is 0.134 e. The number of furan rings is 1. The Hall–Kier alpha value is -1.04. The molecule has 6 heteroatoms. The summed E-state index contributed by atoms with van der Waals surface area (Å²) in [5.74, 6) is 1.70. The maximum atomic E-state index is 8.56. The van der Waals surface area contributed by atoms with Gasteiger partial charge in [0, 0.05) is 17.1 Å². The molecule has 21 heavy (non-hydrogen) atoms. The summed E-state index contributed by atoms with van der Waals surface area (Å²) in [7, 11) is 0. The van der Waals surface area contributed by atoms with Gasteiger partial charge < -0.3 is 19.6 Å². The van der Waals surface area contributed by atoms with Crippen LogP contribution in [0, 0.1) is 0 Å². The van der Waals surface area contributed by atoms with Gasteiger partial charge in [0.1, 0.15) is 11.5 Å². The lowest BCUT2D eigenvalue weighted by Gasteiger charge is -2.03. The van der Waals surface area contributed by atoms with Crippen molar-refractivity contribution >= 4 is 24.0 Å². The van der Waals surface area contributed by atoms with Crippen molar-refractivity contribution < 1.29 is 14.3 Å². The van der Waals surface area contributed by atoms with Crippen LogP contribution in [0.1, 0.15) is 5.76 Å². The first-order valence-electron chi connectivity index (χ1n) is 6.53. The van der Waals surface area contributed by atoms with Gasteiger partial charge in [0.15, 0.2) is 0 Å². The second-order valence-electron chi connectivity index (χ2n) is 4.29. The zero-order chi connectivity index (χ0) is 14.2. The second kappa shape index (κ2) is 9.82. The average molecular weight is 332 g/mol. The Morgan fingerprint density at radius 2 is 1.86 bits per heavy atom. The third kappa shape index (κ3) is 6.08. The van der Waals surface area contributed by atoms with E-state index in [-0.39, 0.29) is 19.0 Å². The van der Waals surface area contributed by atoms with Crippen LogP contribution in [0.2, 0.25) is 5.02 Å². The van der Waals surface area contributed by atoms with Gasteiger partial charge in [0.05, 0.1) is 26.4 Å². The highest BCUT2D eigenvalue weighted by atomic mass is 35.5. The van der Waals surface area contributed by atoms with Gasteiger partial charge in [-0.2, -0.15) is 0 Å². The van der Waals surface area contributed by atoms with E-state index in [0.717, 1.165) is 23.6 Å². The molecule has 1 aromatic carbocycles. The molecule has 1 heterocycles. The molecule has 0 aliphatic carbocycles. The van der Waals surface area contributed by atoms with E-state index in [2.05, 4.69) is 5.32 Å². The highest BCUT2D eigenvalue weighted by molar-refractivity contribution is 6.30. The van der Waals surface area contributed by atoms with Gasteiger partial charge in [-0.25, -0.2) is 0 Å². The lowest BCUT2D eigenvalue weighted by atomic mass is 10.2. The molecule has 0 amide bonds. The lowest BCUT2D eigenvalue weighted by Crippen LogP contribution is -2.19. The molecule has 1 aromatic heterocycles. The summed E-state index contributed by atoms with van der Waals surface area (Å²) >= 11 is 5.86. The van der Waals surface area contributed by atoms with Crippen LogP contribution in [0.4, 0.5) is 0 Å². The molecular formula is C15H19Cl2NO3. The molecule has 0 unspecified atom stereocenters. The Labute approximate surface area is 135 Å². The fourth-order valence-corrected chi connectivity index (χ4v) is 1.89. The summed E-state index contributed by atoms with van der Waals surface area (Å²) in [5, 5.41) is 12.5. The summed E-state index contributed by atoms with van der Waals surface area (Å²) in [6, 6.07) is 11.4. The van der Waals surface area contributed by atoms with Gasteiger partial charge in [-0.3, -0.25) is 0 Å². The molecule has 4 nitrogen and oxygen atoms in total. The van der Waals surface area contributed by atoms with Crippen LogP contribution in [-0.4, -0.2) is 31.5 Å². The molecule has 0 saturated carbocycles. The number of rotatable bonds is 8. The van der Waals surface area contributed by atoms with Gasteiger partial charge in [-0.15, -0.1) is 12.4 Å². The number of nitrogens with one attached hydrogen (secondary N) is 1. The third-order valence-electron chi connectivity index (χ3n) is 2.75. The maximum Gasteiger partial charge on any atom is 0.134 e. The molecule has 0 atom stereocenters. The van der Waals surface area contributed by atoms with Crippen molar-refractivity contribution in [3.05, 3.63) is 47.2 Å².